The van der Waals surface area contributed by atoms with E-state index in [0.717, 1.165) is 36.6 Å². The molecule has 0 bridgehead atoms. The number of amides is 1. The highest BCUT2D eigenvalue weighted by molar-refractivity contribution is 7.09. The molecule has 1 saturated heterocycles. The van der Waals surface area contributed by atoms with Crippen LogP contribution in [0.25, 0.3) is 0 Å². The third-order valence-electron chi connectivity index (χ3n) is 2.71. The highest BCUT2D eigenvalue weighted by atomic mass is 32.1. The zero-order valence-electron chi connectivity index (χ0n) is 11.0. The Balaban J connectivity index is 0.000000686. The number of carbonyl (C=O) groups is 1. The van der Waals surface area contributed by atoms with Crippen molar-refractivity contribution < 1.29 is 4.79 Å². The van der Waals surface area contributed by atoms with Gasteiger partial charge in [0.25, 0.3) is 0 Å². The van der Waals surface area contributed by atoms with E-state index in [0.29, 0.717) is 6.42 Å². The van der Waals surface area contributed by atoms with E-state index in [1.807, 2.05) is 31.1 Å². The van der Waals surface area contributed by atoms with E-state index in [1.165, 1.54) is 6.42 Å². The third kappa shape index (κ3) is 4.46. The van der Waals surface area contributed by atoms with Crippen LogP contribution in [0.3, 0.4) is 0 Å². The molecule has 1 aliphatic rings. The topological polar surface area (TPSA) is 33.2 Å². The molecule has 0 unspecified atom stereocenters. The van der Waals surface area contributed by atoms with Gasteiger partial charge in [-0.1, -0.05) is 13.8 Å². The van der Waals surface area contributed by atoms with Crippen LogP contribution in [0, 0.1) is 6.92 Å². The van der Waals surface area contributed by atoms with Gasteiger partial charge in [-0.15, -0.1) is 11.3 Å². The first-order chi connectivity index (χ1) is 8.25. The van der Waals surface area contributed by atoms with Crippen LogP contribution in [0.15, 0.2) is 5.38 Å². The normalized spacial score (nSPS) is 15.1. The molecule has 1 aliphatic heterocycles. The molecule has 0 spiro atoms. The van der Waals surface area contributed by atoms with Gasteiger partial charge < -0.3 is 4.90 Å². The molecule has 2 rings (SSSR count). The van der Waals surface area contributed by atoms with Gasteiger partial charge in [0.15, 0.2) is 0 Å². The first-order valence-corrected chi connectivity index (χ1v) is 7.32. The number of thiazole rings is 1. The minimum absolute atomic E-state index is 0.236. The van der Waals surface area contributed by atoms with E-state index in [1.54, 1.807) is 11.3 Å². The minimum Gasteiger partial charge on any atom is -0.342 e. The van der Waals surface area contributed by atoms with Crippen LogP contribution in [0.4, 0.5) is 0 Å². The molecule has 1 aromatic rings. The molecule has 0 saturated carbocycles. The first kappa shape index (κ1) is 14.2. The fraction of sp³-hybridized carbons (Fsp3) is 0.692. The van der Waals surface area contributed by atoms with Crippen molar-refractivity contribution in [2.75, 3.05) is 13.1 Å². The third-order valence-corrected chi connectivity index (χ3v) is 3.53. The summed E-state index contributed by atoms with van der Waals surface area (Å²) in [4.78, 5) is 18.2. The summed E-state index contributed by atoms with van der Waals surface area (Å²) in [6.07, 6.45) is 4.05. The predicted octanol–water partition coefficient (Wildman–Crippen LogP) is 3.03. The summed E-state index contributed by atoms with van der Waals surface area (Å²) in [5, 5.41) is 3.02. The standard InChI is InChI=1S/C11H16N2OS.C2H6/c1-9-12-10(8-15-9)7-11(14)13-5-3-2-4-6-13;1-2/h8H,2-7H2,1H3;1-2H3. The van der Waals surface area contributed by atoms with Crippen LogP contribution in [0.5, 0.6) is 0 Å². The van der Waals surface area contributed by atoms with Crippen molar-refractivity contribution in [3.8, 4) is 0 Å². The van der Waals surface area contributed by atoms with Crippen LogP contribution < -0.4 is 0 Å². The zero-order valence-corrected chi connectivity index (χ0v) is 11.8. The van der Waals surface area contributed by atoms with Crippen LogP contribution >= 0.6 is 11.3 Å². The van der Waals surface area contributed by atoms with Gasteiger partial charge in [-0.3, -0.25) is 4.79 Å². The van der Waals surface area contributed by atoms with E-state index in [-0.39, 0.29) is 5.91 Å². The van der Waals surface area contributed by atoms with Crippen molar-refractivity contribution >= 4 is 17.2 Å². The second kappa shape index (κ2) is 7.43. The number of rotatable bonds is 2. The number of likely N-dealkylation sites (tertiary alicyclic amines) is 1. The Morgan fingerprint density at radius 1 is 1.35 bits per heavy atom. The minimum atomic E-state index is 0.236. The Morgan fingerprint density at radius 3 is 2.53 bits per heavy atom. The Labute approximate surface area is 108 Å². The quantitative estimate of drug-likeness (QED) is 0.812. The smallest absolute Gasteiger partial charge is 0.228 e. The summed E-state index contributed by atoms with van der Waals surface area (Å²) < 4.78 is 0. The molecule has 2 heterocycles. The van der Waals surface area contributed by atoms with Gasteiger partial charge >= 0.3 is 0 Å². The molecule has 0 aliphatic carbocycles. The highest BCUT2D eigenvalue weighted by Gasteiger charge is 2.17. The molecule has 0 N–H and O–H groups in total. The summed E-state index contributed by atoms with van der Waals surface area (Å²) in [6, 6.07) is 0. The summed E-state index contributed by atoms with van der Waals surface area (Å²) in [7, 11) is 0. The molecule has 0 radical (unpaired) electrons. The van der Waals surface area contributed by atoms with E-state index in [4.69, 9.17) is 0 Å². The lowest BCUT2D eigenvalue weighted by Crippen LogP contribution is -2.36. The lowest BCUT2D eigenvalue weighted by atomic mass is 10.1. The molecule has 1 aromatic heterocycles. The molecular weight excluding hydrogens is 232 g/mol. The lowest BCUT2D eigenvalue weighted by molar-refractivity contribution is -0.131. The summed E-state index contributed by atoms with van der Waals surface area (Å²) in [5.41, 5.74) is 0.924. The van der Waals surface area contributed by atoms with Gasteiger partial charge in [-0.2, -0.15) is 0 Å². The molecule has 4 heteroatoms. The summed E-state index contributed by atoms with van der Waals surface area (Å²) in [5.74, 6) is 0.236. The molecule has 1 fully saturated rings. The maximum absolute atomic E-state index is 11.9. The summed E-state index contributed by atoms with van der Waals surface area (Å²) in [6.45, 7) is 7.84. The second-order valence-electron chi connectivity index (χ2n) is 3.98. The Kier molecular flexibility index (Phi) is 6.19. The molecule has 96 valence electrons. The van der Waals surface area contributed by atoms with Crippen molar-refractivity contribution in [3.63, 3.8) is 0 Å². The van der Waals surface area contributed by atoms with Crippen molar-refractivity contribution in [2.45, 2.75) is 46.5 Å². The van der Waals surface area contributed by atoms with Gasteiger partial charge in [0.2, 0.25) is 5.91 Å². The van der Waals surface area contributed by atoms with E-state index in [2.05, 4.69) is 4.98 Å². The number of nitrogens with zero attached hydrogens (tertiary/aromatic N) is 2. The number of hydrogen-bond donors (Lipinski definition) is 0. The Morgan fingerprint density at radius 2 is 2.00 bits per heavy atom. The molecule has 3 nitrogen and oxygen atoms in total. The number of piperidine rings is 1. The van der Waals surface area contributed by atoms with Crippen molar-refractivity contribution in [1.29, 1.82) is 0 Å². The maximum Gasteiger partial charge on any atom is 0.228 e. The Hall–Kier alpha value is -0.900. The van der Waals surface area contributed by atoms with Crippen molar-refractivity contribution in [2.24, 2.45) is 0 Å². The van der Waals surface area contributed by atoms with Crippen molar-refractivity contribution in [1.82, 2.24) is 9.88 Å². The van der Waals surface area contributed by atoms with Gasteiger partial charge in [0, 0.05) is 18.5 Å². The second-order valence-corrected chi connectivity index (χ2v) is 5.04. The highest BCUT2D eigenvalue weighted by Crippen LogP contribution is 2.13. The molecule has 0 aromatic carbocycles. The first-order valence-electron chi connectivity index (χ1n) is 6.44. The maximum atomic E-state index is 11.9. The predicted molar refractivity (Wildman–Crippen MR) is 72.3 cm³/mol. The average Bonchev–Trinajstić information content (AvgIpc) is 2.78. The largest absolute Gasteiger partial charge is 0.342 e. The van der Waals surface area contributed by atoms with Crippen LogP contribution in [0.2, 0.25) is 0 Å². The van der Waals surface area contributed by atoms with Gasteiger partial charge in [0.1, 0.15) is 0 Å². The van der Waals surface area contributed by atoms with Crippen molar-refractivity contribution in [3.05, 3.63) is 16.1 Å². The Bertz CT molecular complexity index is 343. The number of aromatic nitrogens is 1. The number of aryl methyl sites for hydroxylation is 1. The number of carbonyl (C=O) groups excluding carboxylic acids is 1. The monoisotopic (exact) mass is 254 g/mol. The number of hydrogen-bond acceptors (Lipinski definition) is 3. The van der Waals surface area contributed by atoms with Gasteiger partial charge in [-0.05, 0) is 26.2 Å². The molecule has 0 atom stereocenters. The van der Waals surface area contributed by atoms with E-state index < -0.39 is 0 Å². The van der Waals surface area contributed by atoms with E-state index in [9.17, 15) is 4.79 Å². The van der Waals surface area contributed by atoms with Crippen LogP contribution in [0.1, 0.15) is 43.8 Å². The average molecular weight is 254 g/mol. The lowest BCUT2D eigenvalue weighted by Gasteiger charge is -2.26. The van der Waals surface area contributed by atoms with E-state index >= 15 is 0 Å². The fourth-order valence-electron chi connectivity index (χ4n) is 1.90. The fourth-order valence-corrected chi connectivity index (χ4v) is 2.51. The molecule has 1 amide bonds. The SMILES string of the molecule is CC.Cc1nc(CC(=O)N2CCCCC2)cs1. The molecule has 17 heavy (non-hydrogen) atoms. The molecular formula is C13H22N2OS. The summed E-state index contributed by atoms with van der Waals surface area (Å²) >= 11 is 1.61. The van der Waals surface area contributed by atoms with Crippen LogP contribution in [-0.4, -0.2) is 28.9 Å². The van der Waals surface area contributed by atoms with Gasteiger partial charge in [-0.25, -0.2) is 4.98 Å². The van der Waals surface area contributed by atoms with Crippen LogP contribution in [-0.2, 0) is 11.2 Å². The van der Waals surface area contributed by atoms with Gasteiger partial charge in [0.05, 0.1) is 17.1 Å². The zero-order chi connectivity index (χ0) is 12.7.